The fourth-order valence-electron chi connectivity index (χ4n) is 8.95. The number of nitrogens with zero attached hydrogens (tertiary/aromatic N) is 6. The molecule has 0 unspecified atom stereocenters. The fourth-order valence-corrected chi connectivity index (χ4v) is 9.16. The number of carbonyl (C=O) groups excluding carboxylic acids is 1. The van der Waals surface area contributed by atoms with Crippen molar-refractivity contribution in [2.75, 3.05) is 31.1 Å². The van der Waals surface area contributed by atoms with Crippen molar-refractivity contribution >= 4 is 34.2 Å². The summed E-state index contributed by atoms with van der Waals surface area (Å²) in [7, 11) is 1.78. The number of rotatable bonds is 11. The smallest absolute Gasteiger partial charge is 0.274 e. The monoisotopic (exact) mass is 802 g/mol. The summed E-state index contributed by atoms with van der Waals surface area (Å²) in [5.41, 5.74) is 4.36. The third-order valence-corrected chi connectivity index (χ3v) is 12.6. The number of halogens is 1. The summed E-state index contributed by atoms with van der Waals surface area (Å²) < 4.78 is 7.72. The van der Waals surface area contributed by atoms with E-state index in [9.17, 15) is 14.7 Å². The van der Waals surface area contributed by atoms with Crippen molar-refractivity contribution in [2.45, 2.75) is 83.1 Å². The van der Waals surface area contributed by atoms with Crippen molar-refractivity contribution in [3.63, 3.8) is 0 Å². The predicted octanol–water partition coefficient (Wildman–Crippen LogP) is 6.93. The number of piperidine rings is 1. The molecular weight excluding hydrogens is 752 g/mol. The van der Waals surface area contributed by atoms with Gasteiger partial charge >= 0.3 is 0 Å². The number of amides is 1. The molecule has 0 radical (unpaired) electrons. The fraction of sp³-hybridized carbons (Fsp3) is 0.444. The van der Waals surface area contributed by atoms with Crippen LogP contribution in [0.3, 0.4) is 0 Å². The van der Waals surface area contributed by atoms with Crippen molar-refractivity contribution < 1.29 is 14.6 Å². The third-order valence-electron chi connectivity index (χ3n) is 12.3. The van der Waals surface area contributed by atoms with E-state index in [1.807, 2.05) is 30.6 Å². The summed E-state index contributed by atoms with van der Waals surface area (Å²) in [4.78, 5) is 33.8. The van der Waals surface area contributed by atoms with E-state index in [1.54, 1.807) is 49.7 Å². The molecule has 2 saturated heterocycles. The lowest BCUT2D eigenvalue weighted by Crippen LogP contribution is -2.47. The number of nitriles is 1. The van der Waals surface area contributed by atoms with Crippen molar-refractivity contribution in [1.82, 2.24) is 30.0 Å². The zero-order valence-electron chi connectivity index (χ0n) is 33.4. The minimum absolute atomic E-state index is 0.0323. The zero-order valence-corrected chi connectivity index (χ0v) is 34.1. The molecule has 13 heteroatoms. The maximum atomic E-state index is 13.0. The van der Waals surface area contributed by atoms with Gasteiger partial charge in [-0.15, -0.1) is 10.2 Å². The minimum atomic E-state index is -0.987. The number of anilines is 1. The third kappa shape index (κ3) is 8.63. The van der Waals surface area contributed by atoms with Gasteiger partial charge in [0.25, 0.3) is 11.5 Å². The Morgan fingerprint density at radius 1 is 1.00 bits per heavy atom. The van der Waals surface area contributed by atoms with E-state index in [2.05, 4.69) is 48.5 Å². The Balaban J connectivity index is 0.789. The molecule has 1 amide bonds. The van der Waals surface area contributed by atoms with Crippen LogP contribution in [0.15, 0.2) is 71.8 Å². The summed E-state index contributed by atoms with van der Waals surface area (Å²) in [5.74, 6) is 2.58. The van der Waals surface area contributed by atoms with Crippen LogP contribution in [0.25, 0.3) is 22.0 Å². The number of likely N-dealkylation sites (tertiary alicyclic amines) is 1. The van der Waals surface area contributed by atoms with Crippen LogP contribution >= 0.6 is 11.6 Å². The van der Waals surface area contributed by atoms with Gasteiger partial charge in [-0.05, 0) is 124 Å². The summed E-state index contributed by atoms with van der Waals surface area (Å²) in [6, 6.07) is 19.1. The lowest BCUT2D eigenvalue weighted by molar-refractivity contribution is 0.0706. The topological polar surface area (TPSA) is 152 Å². The number of fused-ring (bicyclic) bond motifs is 1. The van der Waals surface area contributed by atoms with E-state index in [0.29, 0.717) is 39.4 Å². The highest BCUT2D eigenvalue weighted by Gasteiger charge is 2.32. The number of ether oxygens (including phenoxy) is 1. The molecule has 5 aromatic rings. The summed E-state index contributed by atoms with van der Waals surface area (Å²) in [6.07, 6.45) is 10.4. The molecule has 2 aromatic carbocycles. The Hall–Kier alpha value is -5.22. The number of hydrogen-bond acceptors (Lipinski definition) is 9. The van der Waals surface area contributed by atoms with Gasteiger partial charge in [0.05, 0.1) is 22.3 Å². The average Bonchev–Trinajstić information content (AvgIpc) is 3.70. The summed E-state index contributed by atoms with van der Waals surface area (Å²) in [5, 5.41) is 33.1. The van der Waals surface area contributed by atoms with Gasteiger partial charge in [-0.3, -0.25) is 14.5 Å². The SMILES string of the molecule is Cn1cc(-c2cc(C(C)(C)O)ccc2CN2CC(CC3CCN(c4ccc(C(=O)NC5CCC(Oc6ccc(C#N)c(Cl)c6)CC5)nn4)CC3)C2)c2cc[nH]c2c1=O. The van der Waals surface area contributed by atoms with E-state index < -0.39 is 5.60 Å². The maximum absolute atomic E-state index is 13.0. The second-order valence-electron chi connectivity index (χ2n) is 17.0. The number of H-pyrrole nitrogens is 1. The normalized spacial score (nSPS) is 19.5. The van der Waals surface area contributed by atoms with Crippen LogP contribution in [0, 0.1) is 23.2 Å². The number of pyridine rings is 1. The van der Waals surface area contributed by atoms with Crippen LogP contribution < -0.4 is 20.5 Å². The summed E-state index contributed by atoms with van der Waals surface area (Å²) >= 11 is 6.16. The van der Waals surface area contributed by atoms with Gasteiger partial charge in [-0.25, -0.2) is 0 Å². The minimum Gasteiger partial charge on any atom is -0.490 e. The van der Waals surface area contributed by atoms with Gasteiger partial charge < -0.3 is 29.6 Å². The second-order valence-corrected chi connectivity index (χ2v) is 17.4. The van der Waals surface area contributed by atoms with Crippen LogP contribution in [0.4, 0.5) is 5.82 Å². The first kappa shape index (κ1) is 39.6. The molecule has 0 bridgehead atoms. The highest BCUT2D eigenvalue weighted by Crippen LogP contribution is 2.36. The Labute approximate surface area is 343 Å². The molecule has 3 N–H and O–H groups in total. The van der Waals surface area contributed by atoms with Gasteiger partial charge in [-0.1, -0.05) is 23.7 Å². The predicted molar refractivity (Wildman–Crippen MR) is 225 cm³/mol. The molecule has 1 aliphatic carbocycles. The average molecular weight is 803 g/mol. The Kier molecular flexibility index (Phi) is 11.3. The van der Waals surface area contributed by atoms with Gasteiger partial charge in [0.2, 0.25) is 0 Å². The van der Waals surface area contributed by atoms with Crippen molar-refractivity contribution in [1.29, 1.82) is 5.26 Å². The molecule has 1 saturated carbocycles. The van der Waals surface area contributed by atoms with Crippen molar-refractivity contribution in [3.8, 4) is 22.9 Å². The van der Waals surface area contributed by atoms with Crippen LogP contribution in [-0.4, -0.2) is 74.0 Å². The number of nitrogens with one attached hydrogen (secondary N) is 2. The van der Waals surface area contributed by atoms with Crippen molar-refractivity contribution in [3.05, 3.63) is 105 Å². The molecule has 58 heavy (non-hydrogen) atoms. The van der Waals surface area contributed by atoms with Gasteiger partial charge in [0, 0.05) is 75.2 Å². The van der Waals surface area contributed by atoms with E-state index >= 15 is 0 Å². The zero-order chi connectivity index (χ0) is 40.6. The Bertz CT molecular complexity index is 2380. The maximum Gasteiger partial charge on any atom is 0.274 e. The molecule has 3 fully saturated rings. The molecule has 302 valence electrons. The number of carbonyl (C=O) groups is 1. The molecule has 2 aliphatic heterocycles. The first-order valence-corrected chi connectivity index (χ1v) is 20.8. The Morgan fingerprint density at radius 3 is 2.47 bits per heavy atom. The number of aromatic amines is 1. The van der Waals surface area contributed by atoms with Crippen LogP contribution in [0.2, 0.25) is 5.02 Å². The largest absolute Gasteiger partial charge is 0.490 e. The van der Waals surface area contributed by atoms with Crippen LogP contribution in [0.5, 0.6) is 5.75 Å². The highest BCUT2D eigenvalue weighted by atomic mass is 35.5. The molecule has 5 heterocycles. The first-order valence-electron chi connectivity index (χ1n) is 20.4. The molecule has 8 rings (SSSR count). The number of benzene rings is 2. The number of aryl methyl sites for hydroxylation is 1. The van der Waals surface area contributed by atoms with E-state index in [1.165, 1.54) is 12.0 Å². The number of aliphatic hydroxyl groups is 1. The lowest BCUT2D eigenvalue weighted by atomic mass is 9.83. The Morgan fingerprint density at radius 2 is 1.78 bits per heavy atom. The lowest BCUT2D eigenvalue weighted by Gasteiger charge is -2.42. The van der Waals surface area contributed by atoms with E-state index in [-0.39, 0.29) is 23.6 Å². The second kappa shape index (κ2) is 16.6. The molecular formula is C45H51ClN8O4. The molecule has 0 spiro atoms. The highest BCUT2D eigenvalue weighted by molar-refractivity contribution is 6.31. The molecule has 12 nitrogen and oxygen atoms in total. The van der Waals surface area contributed by atoms with Crippen LogP contribution in [0.1, 0.15) is 86.0 Å². The van der Waals surface area contributed by atoms with Gasteiger partial charge in [0.15, 0.2) is 11.5 Å². The van der Waals surface area contributed by atoms with E-state index in [4.69, 9.17) is 21.6 Å². The molecule has 3 aliphatic rings. The van der Waals surface area contributed by atoms with Crippen LogP contribution in [-0.2, 0) is 19.2 Å². The number of hydrogen-bond donors (Lipinski definition) is 3. The summed E-state index contributed by atoms with van der Waals surface area (Å²) in [6.45, 7) is 8.37. The van der Waals surface area contributed by atoms with Gasteiger partial charge in [-0.2, -0.15) is 5.26 Å². The van der Waals surface area contributed by atoms with E-state index in [0.717, 1.165) is 99.1 Å². The standard InChI is InChI=1S/C45H51ClN8O4/c1-45(2,57)32-6-4-31(37(21-32)38-27-52(3)44(56)42-36(38)14-17-48-42)26-53-24-29(25-53)20-28-15-18-54(19-16-28)41-13-12-40(50-51-41)43(55)49-33-7-10-34(11-8-33)58-35-9-5-30(23-47)39(46)22-35/h4-6,9,12-14,17,21-22,27-29,33-34,48,57H,7-8,10-11,15-16,18-20,24-26H2,1-3H3,(H,49,55). The molecule has 0 atom stereocenters. The quantitative estimate of drug-likeness (QED) is 0.129. The molecule has 3 aromatic heterocycles. The van der Waals surface area contributed by atoms with Gasteiger partial charge in [0.1, 0.15) is 17.3 Å². The first-order chi connectivity index (χ1) is 27.9. The number of aromatic nitrogens is 4. The van der Waals surface area contributed by atoms with Crippen molar-refractivity contribution in [2.24, 2.45) is 18.9 Å².